The van der Waals surface area contributed by atoms with E-state index in [0.29, 0.717) is 12.4 Å². The van der Waals surface area contributed by atoms with Gasteiger partial charge in [0.15, 0.2) is 0 Å². The monoisotopic (exact) mass is 450 g/mol. The maximum absolute atomic E-state index is 12.4. The zero-order valence-electron chi connectivity index (χ0n) is 14.4. The molecule has 0 bridgehead atoms. The van der Waals surface area contributed by atoms with Gasteiger partial charge in [0.2, 0.25) is 15.9 Å². The molecule has 0 heterocycles. The van der Waals surface area contributed by atoms with E-state index in [0.717, 1.165) is 0 Å². The van der Waals surface area contributed by atoms with Gasteiger partial charge in [0.1, 0.15) is 5.75 Å². The van der Waals surface area contributed by atoms with Crippen LogP contribution in [0.4, 0.5) is 5.69 Å². The Bertz CT molecular complexity index is 934. The lowest BCUT2D eigenvalue weighted by Gasteiger charge is -2.16. The number of hydrogen-bond acceptors (Lipinski definition) is 4. The molecule has 2 N–H and O–H groups in total. The van der Waals surface area contributed by atoms with Crippen LogP contribution in [0.5, 0.6) is 5.75 Å². The molecule has 27 heavy (non-hydrogen) atoms. The van der Waals surface area contributed by atoms with Crippen LogP contribution in [0, 0.1) is 0 Å². The smallest absolute Gasteiger partial charge is 0.242 e. The molecule has 0 aliphatic carbocycles. The molecule has 0 aromatic heterocycles. The average molecular weight is 452 g/mol. The van der Waals surface area contributed by atoms with Gasteiger partial charge in [-0.25, -0.2) is 8.42 Å². The molecule has 1 amide bonds. The maximum Gasteiger partial charge on any atom is 0.242 e. The number of ether oxygens (including phenoxy) is 1. The van der Waals surface area contributed by atoms with Gasteiger partial charge >= 0.3 is 0 Å². The minimum absolute atomic E-state index is 0.0122. The number of carbonyl (C=O) groups is 1. The summed E-state index contributed by atoms with van der Waals surface area (Å²) in [6.45, 7) is 3.71. The zero-order chi connectivity index (χ0) is 20.2. The van der Waals surface area contributed by atoms with E-state index in [1.54, 1.807) is 0 Å². The first kappa shape index (κ1) is 21.8. The second-order valence-corrected chi connectivity index (χ2v) is 8.42. The Morgan fingerprint density at radius 3 is 2.26 bits per heavy atom. The topological polar surface area (TPSA) is 84.5 Å². The molecule has 0 spiro atoms. The summed E-state index contributed by atoms with van der Waals surface area (Å²) in [6.07, 6.45) is 0. The van der Waals surface area contributed by atoms with Crippen LogP contribution in [-0.4, -0.2) is 27.0 Å². The predicted molar refractivity (Wildman–Crippen MR) is 107 cm³/mol. The van der Waals surface area contributed by atoms with Crippen LogP contribution in [0.3, 0.4) is 0 Å². The van der Waals surface area contributed by atoms with Crippen molar-refractivity contribution in [1.29, 1.82) is 0 Å². The SMILES string of the molecule is CCOc1ccc(S(=O)(=O)N[C@H](C)C(=O)Nc2cc(Cl)c(Cl)cc2Cl)cc1. The third-order valence-electron chi connectivity index (χ3n) is 3.44. The molecule has 0 aliphatic rings. The van der Waals surface area contributed by atoms with Gasteiger partial charge in [0, 0.05) is 0 Å². The van der Waals surface area contributed by atoms with E-state index in [9.17, 15) is 13.2 Å². The molecule has 0 unspecified atom stereocenters. The molecule has 0 radical (unpaired) electrons. The van der Waals surface area contributed by atoms with Crippen molar-refractivity contribution in [3.63, 3.8) is 0 Å². The quantitative estimate of drug-likeness (QED) is 0.613. The van der Waals surface area contributed by atoms with E-state index in [2.05, 4.69) is 10.0 Å². The largest absolute Gasteiger partial charge is 0.494 e. The summed E-state index contributed by atoms with van der Waals surface area (Å²) in [6, 6.07) is 7.58. The highest BCUT2D eigenvalue weighted by Gasteiger charge is 2.23. The Morgan fingerprint density at radius 1 is 1.07 bits per heavy atom. The Labute approximate surface area is 172 Å². The molecule has 0 saturated carbocycles. The lowest BCUT2D eigenvalue weighted by molar-refractivity contribution is -0.117. The first-order chi connectivity index (χ1) is 12.6. The van der Waals surface area contributed by atoms with E-state index >= 15 is 0 Å². The molecule has 146 valence electrons. The number of benzene rings is 2. The van der Waals surface area contributed by atoms with Gasteiger partial charge in [-0.2, -0.15) is 4.72 Å². The normalized spacial score (nSPS) is 12.5. The average Bonchev–Trinajstić information content (AvgIpc) is 2.60. The Kier molecular flexibility index (Phi) is 7.36. The Hall–Kier alpha value is -1.51. The van der Waals surface area contributed by atoms with E-state index < -0.39 is 22.0 Å². The fourth-order valence-corrected chi connectivity index (χ4v) is 3.89. The van der Waals surface area contributed by atoms with Crippen molar-refractivity contribution in [3.8, 4) is 5.75 Å². The van der Waals surface area contributed by atoms with Crippen LogP contribution in [0.1, 0.15) is 13.8 Å². The number of sulfonamides is 1. The number of amides is 1. The Balaban J connectivity index is 2.09. The third-order valence-corrected chi connectivity index (χ3v) is 6.03. The van der Waals surface area contributed by atoms with Crippen molar-refractivity contribution in [1.82, 2.24) is 4.72 Å². The summed E-state index contributed by atoms with van der Waals surface area (Å²) in [5.41, 5.74) is 0.225. The van der Waals surface area contributed by atoms with Gasteiger partial charge in [-0.3, -0.25) is 4.79 Å². The maximum atomic E-state index is 12.4. The molecular formula is C17H17Cl3N2O4S. The summed E-state index contributed by atoms with van der Waals surface area (Å²) >= 11 is 17.8. The molecule has 6 nitrogen and oxygen atoms in total. The minimum Gasteiger partial charge on any atom is -0.494 e. The molecular weight excluding hydrogens is 435 g/mol. The van der Waals surface area contributed by atoms with Gasteiger partial charge in [-0.15, -0.1) is 0 Å². The first-order valence-electron chi connectivity index (χ1n) is 7.84. The lowest BCUT2D eigenvalue weighted by atomic mass is 10.3. The summed E-state index contributed by atoms with van der Waals surface area (Å²) in [7, 11) is -3.90. The number of nitrogens with one attached hydrogen (secondary N) is 2. The number of anilines is 1. The second-order valence-electron chi connectivity index (χ2n) is 5.48. The van der Waals surface area contributed by atoms with Crippen LogP contribution in [0.2, 0.25) is 15.1 Å². The fourth-order valence-electron chi connectivity index (χ4n) is 2.10. The fraction of sp³-hybridized carbons (Fsp3) is 0.235. The van der Waals surface area contributed by atoms with Crippen molar-refractivity contribution in [2.24, 2.45) is 0 Å². The summed E-state index contributed by atoms with van der Waals surface area (Å²) < 4.78 is 32.5. The second kappa shape index (κ2) is 9.12. The molecule has 10 heteroatoms. The van der Waals surface area contributed by atoms with Gasteiger partial charge < -0.3 is 10.1 Å². The van der Waals surface area contributed by atoms with Gasteiger partial charge in [0.05, 0.1) is 38.3 Å². The predicted octanol–water partition coefficient (Wildman–Crippen LogP) is 4.35. The van der Waals surface area contributed by atoms with Gasteiger partial charge in [-0.1, -0.05) is 34.8 Å². The van der Waals surface area contributed by atoms with Crippen LogP contribution >= 0.6 is 34.8 Å². The van der Waals surface area contributed by atoms with Gasteiger partial charge in [-0.05, 0) is 50.2 Å². The lowest BCUT2D eigenvalue weighted by Crippen LogP contribution is -2.41. The first-order valence-corrected chi connectivity index (χ1v) is 10.5. The standard InChI is InChI=1S/C17H17Cl3N2O4S/c1-3-26-11-4-6-12(7-5-11)27(24,25)22-10(2)17(23)21-16-9-14(19)13(18)8-15(16)20/h4-10,22H,3H2,1-2H3,(H,21,23)/t10-/m1/s1. The number of halogens is 3. The number of carbonyl (C=O) groups excluding carboxylic acids is 1. The van der Waals surface area contributed by atoms with Crippen molar-refractivity contribution < 1.29 is 17.9 Å². The molecule has 1 atom stereocenters. The van der Waals surface area contributed by atoms with E-state index in [-0.39, 0.29) is 25.7 Å². The molecule has 0 aliphatic heterocycles. The number of hydrogen-bond donors (Lipinski definition) is 2. The Morgan fingerprint density at radius 2 is 1.67 bits per heavy atom. The highest BCUT2D eigenvalue weighted by atomic mass is 35.5. The van der Waals surface area contributed by atoms with Crippen molar-refractivity contribution in [2.45, 2.75) is 24.8 Å². The van der Waals surface area contributed by atoms with E-state index in [1.807, 2.05) is 6.92 Å². The minimum atomic E-state index is -3.90. The van der Waals surface area contributed by atoms with Crippen molar-refractivity contribution >= 4 is 56.4 Å². The van der Waals surface area contributed by atoms with E-state index in [1.165, 1.54) is 43.3 Å². The highest BCUT2D eigenvalue weighted by molar-refractivity contribution is 7.89. The summed E-state index contributed by atoms with van der Waals surface area (Å²) in [5, 5.41) is 3.14. The molecule has 0 fully saturated rings. The number of rotatable bonds is 7. The van der Waals surface area contributed by atoms with Crippen LogP contribution in [0.25, 0.3) is 0 Å². The van der Waals surface area contributed by atoms with Crippen molar-refractivity contribution in [2.75, 3.05) is 11.9 Å². The van der Waals surface area contributed by atoms with Crippen LogP contribution < -0.4 is 14.8 Å². The summed E-state index contributed by atoms with van der Waals surface area (Å²) in [5.74, 6) is -0.0544. The third kappa shape index (κ3) is 5.73. The highest BCUT2D eigenvalue weighted by Crippen LogP contribution is 2.32. The van der Waals surface area contributed by atoms with Crippen LogP contribution in [0.15, 0.2) is 41.3 Å². The zero-order valence-corrected chi connectivity index (χ0v) is 17.5. The van der Waals surface area contributed by atoms with Crippen LogP contribution in [-0.2, 0) is 14.8 Å². The molecule has 2 aromatic carbocycles. The van der Waals surface area contributed by atoms with Gasteiger partial charge in [0.25, 0.3) is 0 Å². The molecule has 2 rings (SSSR count). The van der Waals surface area contributed by atoms with E-state index in [4.69, 9.17) is 39.5 Å². The van der Waals surface area contributed by atoms with Crippen molar-refractivity contribution in [3.05, 3.63) is 51.5 Å². The summed E-state index contributed by atoms with van der Waals surface area (Å²) in [4.78, 5) is 12.3. The molecule has 0 saturated heterocycles. The molecule has 2 aromatic rings.